The second kappa shape index (κ2) is 12.8. The maximum absolute atomic E-state index is 13.0. The SMILES string of the molecule is NC(N)=NCCSCc1nc(N)sc1SC1=C(C(=O)O)N2C(=O)[C@@H](NC(=O)C(N=O)c3nc(N)sc3Cl)[C@@H]2SC1. The van der Waals surface area contributed by atoms with Gasteiger partial charge >= 0.3 is 5.97 Å². The fourth-order valence-electron chi connectivity index (χ4n) is 3.67. The van der Waals surface area contributed by atoms with E-state index in [0.717, 1.165) is 16.2 Å². The number of nitrogens with two attached hydrogens (primary N) is 4. The van der Waals surface area contributed by atoms with E-state index in [-0.39, 0.29) is 32.6 Å². The van der Waals surface area contributed by atoms with Gasteiger partial charge in [0.2, 0.25) is 6.04 Å². The standard InChI is InChI=1S/C19H21ClN10O5S5/c20-11-7(28-19(24)39-11)8(29-35)12(31)27-9-13(32)30-10(15(33)34)6(4-37-14(9)30)38-16-5(26-18(23)40-16)3-36-2-1-25-17(21)22/h8-9,14H,1-4H2,(H2,23,26)(H2,24,28)(H,27,31)(H,33,34)(H4,21,22,25)/t8?,9-,14+/m1/s1. The number of hydrogen-bond acceptors (Lipinski definition) is 15. The van der Waals surface area contributed by atoms with Crippen molar-refractivity contribution in [3.05, 3.63) is 31.2 Å². The van der Waals surface area contributed by atoms with Gasteiger partial charge < -0.3 is 33.4 Å². The van der Waals surface area contributed by atoms with Crippen LogP contribution in [0.3, 0.4) is 0 Å². The molecule has 2 aliphatic rings. The predicted octanol–water partition coefficient (Wildman–Crippen LogP) is 1.22. The molecule has 0 spiro atoms. The number of thiazole rings is 2. The Bertz CT molecular complexity index is 1410. The Labute approximate surface area is 251 Å². The van der Waals surface area contributed by atoms with Gasteiger partial charge in [-0.25, -0.2) is 14.8 Å². The molecule has 1 saturated heterocycles. The molecule has 0 aliphatic carbocycles. The van der Waals surface area contributed by atoms with Crippen LogP contribution in [0.4, 0.5) is 10.3 Å². The Morgan fingerprint density at radius 2 is 1.98 bits per heavy atom. The lowest BCUT2D eigenvalue weighted by atomic mass is 10.0. The number of nitrogens with one attached hydrogen (secondary N) is 1. The van der Waals surface area contributed by atoms with Crippen LogP contribution in [0.1, 0.15) is 17.4 Å². The summed E-state index contributed by atoms with van der Waals surface area (Å²) >= 11 is 12.1. The van der Waals surface area contributed by atoms with E-state index in [4.69, 9.17) is 34.5 Å². The van der Waals surface area contributed by atoms with Crippen molar-refractivity contribution in [1.29, 1.82) is 0 Å². The highest BCUT2D eigenvalue weighted by Gasteiger charge is 2.55. The molecule has 2 aromatic rings. The van der Waals surface area contributed by atoms with Crippen LogP contribution in [0.2, 0.25) is 4.34 Å². The van der Waals surface area contributed by atoms with Gasteiger partial charge in [0.05, 0.1) is 16.4 Å². The predicted molar refractivity (Wildman–Crippen MR) is 159 cm³/mol. The van der Waals surface area contributed by atoms with Gasteiger partial charge in [-0.3, -0.25) is 19.5 Å². The Hall–Kier alpha value is -2.78. The monoisotopic (exact) mass is 664 g/mol. The van der Waals surface area contributed by atoms with Gasteiger partial charge in [-0.05, 0) is 5.18 Å². The molecular formula is C19H21ClN10O5S5. The third-order valence-corrected chi connectivity index (χ3v) is 11.1. The van der Waals surface area contributed by atoms with Crippen molar-refractivity contribution in [2.45, 2.75) is 27.4 Å². The second-order valence-electron chi connectivity index (χ2n) is 7.94. The number of fused-ring (bicyclic) bond motifs is 1. The molecule has 1 unspecified atom stereocenters. The molecule has 0 aromatic carbocycles. The largest absolute Gasteiger partial charge is 0.477 e. The minimum atomic E-state index is -1.62. The first-order chi connectivity index (χ1) is 19.0. The zero-order valence-corrected chi connectivity index (χ0v) is 24.9. The van der Waals surface area contributed by atoms with Gasteiger partial charge in [0.15, 0.2) is 16.2 Å². The summed E-state index contributed by atoms with van der Waals surface area (Å²) in [5.41, 5.74) is 22.5. The van der Waals surface area contributed by atoms with Gasteiger partial charge in [-0.1, -0.05) is 46.0 Å². The molecule has 4 heterocycles. The number of amides is 2. The maximum atomic E-state index is 13.0. The van der Waals surface area contributed by atoms with E-state index < -0.39 is 35.2 Å². The number of aliphatic imine (C=N–C) groups is 1. The number of anilines is 2. The van der Waals surface area contributed by atoms with E-state index in [9.17, 15) is 24.4 Å². The van der Waals surface area contributed by atoms with Crippen LogP contribution in [0.25, 0.3) is 0 Å². The lowest BCUT2D eigenvalue weighted by Gasteiger charge is -2.49. The molecule has 21 heteroatoms. The van der Waals surface area contributed by atoms with Gasteiger partial charge in [0.1, 0.15) is 27.1 Å². The zero-order chi connectivity index (χ0) is 29.1. The van der Waals surface area contributed by atoms with Gasteiger partial charge in [-0.15, -0.1) is 16.7 Å². The Morgan fingerprint density at radius 1 is 1.25 bits per heavy atom. The summed E-state index contributed by atoms with van der Waals surface area (Å²) in [5, 5.41) is 14.9. The van der Waals surface area contributed by atoms with Crippen LogP contribution in [-0.4, -0.2) is 73.2 Å². The number of carbonyl (C=O) groups excluding carboxylic acids is 2. The van der Waals surface area contributed by atoms with Crippen LogP contribution in [-0.2, 0) is 20.1 Å². The van der Waals surface area contributed by atoms with Gasteiger partial charge in [0, 0.05) is 22.2 Å². The number of hydrogen-bond donors (Lipinski definition) is 6. The second-order valence-corrected chi connectivity index (χ2v) is 14.2. The molecular weight excluding hydrogens is 644 g/mol. The normalized spacial score (nSPS) is 19.0. The quantitative estimate of drug-likeness (QED) is 0.0613. The minimum absolute atomic E-state index is 0.00705. The summed E-state index contributed by atoms with van der Waals surface area (Å²) in [6.45, 7) is 0.435. The summed E-state index contributed by atoms with van der Waals surface area (Å²) in [4.78, 5) is 63.2. The van der Waals surface area contributed by atoms with Crippen LogP contribution in [0.5, 0.6) is 0 Å². The Kier molecular flexibility index (Phi) is 9.67. The molecule has 214 valence electrons. The van der Waals surface area contributed by atoms with Crippen molar-refractivity contribution in [3.63, 3.8) is 0 Å². The molecule has 3 atom stereocenters. The fraction of sp³-hybridized carbons (Fsp3) is 0.368. The Morgan fingerprint density at radius 3 is 2.60 bits per heavy atom. The van der Waals surface area contributed by atoms with Crippen LogP contribution in [0, 0.1) is 4.91 Å². The number of nitrogen functional groups attached to an aromatic ring is 2. The minimum Gasteiger partial charge on any atom is -0.477 e. The first kappa shape index (κ1) is 30.2. The number of nitrogens with zero attached hydrogens (tertiary/aromatic N) is 5. The van der Waals surface area contributed by atoms with Crippen LogP contribution in [0.15, 0.2) is 25.0 Å². The zero-order valence-electron chi connectivity index (χ0n) is 20.1. The molecule has 2 aliphatic heterocycles. The highest BCUT2D eigenvalue weighted by molar-refractivity contribution is 8.07. The third-order valence-electron chi connectivity index (χ3n) is 5.34. The first-order valence-corrected chi connectivity index (χ1v) is 16.1. The van der Waals surface area contributed by atoms with E-state index in [0.29, 0.717) is 38.0 Å². The average molecular weight is 665 g/mol. The van der Waals surface area contributed by atoms with Crippen molar-refractivity contribution in [1.82, 2.24) is 20.2 Å². The number of aromatic nitrogens is 2. The van der Waals surface area contributed by atoms with Gasteiger partial charge in [-0.2, -0.15) is 11.8 Å². The summed E-state index contributed by atoms with van der Waals surface area (Å²) in [7, 11) is 0. The summed E-state index contributed by atoms with van der Waals surface area (Å²) in [5.74, 6) is -1.46. The molecule has 0 bridgehead atoms. The van der Waals surface area contributed by atoms with E-state index in [2.05, 4.69) is 25.5 Å². The molecule has 0 radical (unpaired) electrons. The number of carboxylic acids is 1. The van der Waals surface area contributed by atoms with Crippen molar-refractivity contribution >= 4 is 104 Å². The number of carboxylic acid groups (broad SMARTS) is 1. The molecule has 10 N–H and O–H groups in total. The number of aliphatic carboxylic acids is 1. The number of halogens is 1. The molecule has 2 amide bonds. The van der Waals surface area contributed by atoms with Crippen molar-refractivity contribution < 1.29 is 19.5 Å². The van der Waals surface area contributed by atoms with Crippen molar-refractivity contribution in [2.24, 2.45) is 21.6 Å². The molecule has 40 heavy (non-hydrogen) atoms. The molecule has 15 nitrogen and oxygen atoms in total. The number of thioether (sulfide) groups is 3. The van der Waals surface area contributed by atoms with E-state index in [1.54, 1.807) is 0 Å². The third kappa shape index (κ3) is 6.41. The number of β-lactam (4-membered cyclic amide) rings is 1. The summed E-state index contributed by atoms with van der Waals surface area (Å²) < 4.78 is 0.732. The van der Waals surface area contributed by atoms with E-state index >= 15 is 0 Å². The molecule has 1 fully saturated rings. The lowest BCUT2D eigenvalue weighted by molar-refractivity contribution is -0.150. The molecule has 0 saturated carbocycles. The number of guanidine groups is 1. The van der Waals surface area contributed by atoms with Gasteiger partial charge in [0.25, 0.3) is 11.8 Å². The van der Waals surface area contributed by atoms with E-state index in [1.807, 2.05) is 0 Å². The first-order valence-electron chi connectivity index (χ1n) is 11.0. The summed E-state index contributed by atoms with van der Waals surface area (Å²) in [6.07, 6.45) is 0. The lowest BCUT2D eigenvalue weighted by Crippen LogP contribution is -2.70. The number of nitroso groups, excluding NO2 is 1. The average Bonchev–Trinajstić information content (AvgIpc) is 3.41. The van der Waals surface area contributed by atoms with Crippen LogP contribution >= 0.6 is 69.6 Å². The van der Waals surface area contributed by atoms with E-state index in [1.165, 1.54) is 46.6 Å². The molecule has 2 aromatic heterocycles. The van der Waals surface area contributed by atoms with Crippen molar-refractivity contribution in [3.8, 4) is 0 Å². The smallest absolute Gasteiger partial charge is 0.353 e. The van der Waals surface area contributed by atoms with Crippen molar-refractivity contribution in [2.75, 3.05) is 29.5 Å². The Balaban J connectivity index is 1.47. The highest BCUT2D eigenvalue weighted by Crippen LogP contribution is 2.47. The topological polar surface area (TPSA) is 258 Å². The highest BCUT2D eigenvalue weighted by atomic mass is 35.5. The fourth-order valence-corrected chi connectivity index (χ4v) is 9.27. The number of carbonyl (C=O) groups is 3. The number of rotatable bonds is 12. The van der Waals surface area contributed by atoms with Crippen LogP contribution < -0.4 is 28.3 Å². The maximum Gasteiger partial charge on any atom is 0.353 e. The molecule has 4 rings (SSSR count). The summed E-state index contributed by atoms with van der Waals surface area (Å²) in [6, 6.07) is -2.70.